The van der Waals surface area contributed by atoms with E-state index in [0.717, 1.165) is 18.7 Å². The molecule has 0 N–H and O–H groups in total. The molecule has 1 aromatic heterocycles. The highest BCUT2D eigenvalue weighted by Crippen LogP contribution is 2.14. The molecule has 0 saturated heterocycles. The highest BCUT2D eigenvalue weighted by atomic mass is 14.9. The summed E-state index contributed by atoms with van der Waals surface area (Å²) < 4.78 is 0. The van der Waals surface area contributed by atoms with Crippen molar-refractivity contribution in [2.75, 3.05) is 0 Å². The number of hydrogen-bond acceptors (Lipinski definition) is 2. The fourth-order valence-electron chi connectivity index (χ4n) is 4.19. The minimum absolute atomic E-state index is 0.962. The predicted molar refractivity (Wildman–Crippen MR) is 129 cm³/mol. The maximum absolute atomic E-state index is 4.68. The standard InChI is InChI=1S/C27H50N2/c1-4-6-8-10-12-14-16-18-20-22-26-24-27(29-25(3)28-26)23-21-19-17-15-13-11-9-7-5-2/h24H,4-23H2,1-3H3. The van der Waals surface area contributed by atoms with Crippen LogP contribution < -0.4 is 0 Å². The fraction of sp³-hybridized carbons (Fsp3) is 0.852. The largest absolute Gasteiger partial charge is 0.238 e. The monoisotopic (exact) mass is 402 g/mol. The Labute approximate surface area is 182 Å². The van der Waals surface area contributed by atoms with Gasteiger partial charge in [-0.05, 0) is 38.7 Å². The van der Waals surface area contributed by atoms with Gasteiger partial charge in [-0.15, -0.1) is 0 Å². The van der Waals surface area contributed by atoms with Gasteiger partial charge >= 0.3 is 0 Å². The highest BCUT2D eigenvalue weighted by molar-refractivity contribution is 5.11. The van der Waals surface area contributed by atoms with Crippen molar-refractivity contribution in [2.45, 2.75) is 149 Å². The lowest BCUT2D eigenvalue weighted by Crippen LogP contribution is -2.01. The molecule has 1 heterocycles. The molecule has 0 amide bonds. The molecule has 0 aliphatic carbocycles. The molecule has 0 spiro atoms. The summed E-state index contributed by atoms with van der Waals surface area (Å²) in [5.74, 6) is 0.962. The number of unbranched alkanes of at least 4 members (excludes halogenated alkanes) is 16. The Balaban J connectivity index is 2.09. The second-order valence-electron chi connectivity index (χ2n) is 9.05. The average molecular weight is 403 g/mol. The lowest BCUT2D eigenvalue weighted by Gasteiger charge is -2.07. The van der Waals surface area contributed by atoms with E-state index < -0.39 is 0 Å². The van der Waals surface area contributed by atoms with Gasteiger partial charge in [-0.2, -0.15) is 0 Å². The molecule has 168 valence electrons. The Hall–Kier alpha value is -0.920. The Morgan fingerprint density at radius 3 is 1.14 bits per heavy atom. The van der Waals surface area contributed by atoms with Gasteiger partial charge in [-0.3, -0.25) is 0 Å². The van der Waals surface area contributed by atoms with Gasteiger partial charge in [0.05, 0.1) is 0 Å². The summed E-state index contributed by atoms with van der Waals surface area (Å²) in [5.41, 5.74) is 2.54. The Morgan fingerprint density at radius 1 is 0.483 bits per heavy atom. The van der Waals surface area contributed by atoms with Gasteiger partial charge < -0.3 is 0 Å². The van der Waals surface area contributed by atoms with Crippen LogP contribution >= 0.6 is 0 Å². The van der Waals surface area contributed by atoms with Crippen LogP contribution in [0.4, 0.5) is 0 Å². The minimum Gasteiger partial charge on any atom is -0.238 e. The van der Waals surface area contributed by atoms with Crippen LogP contribution in [0.2, 0.25) is 0 Å². The lowest BCUT2D eigenvalue weighted by molar-refractivity contribution is 0.561. The molecule has 0 atom stereocenters. The third-order valence-electron chi connectivity index (χ3n) is 6.02. The minimum atomic E-state index is 0.962. The van der Waals surface area contributed by atoms with Crippen LogP contribution in [0, 0.1) is 6.92 Å². The van der Waals surface area contributed by atoms with E-state index in [1.165, 1.54) is 127 Å². The Bertz CT molecular complexity index is 443. The third-order valence-corrected chi connectivity index (χ3v) is 6.02. The molecular weight excluding hydrogens is 352 g/mol. The van der Waals surface area contributed by atoms with E-state index in [4.69, 9.17) is 0 Å². The van der Waals surface area contributed by atoms with E-state index >= 15 is 0 Å². The van der Waals surface area contributed by atoms with E-state index in [-0.39, 0.29) is 0 Å². The van der Waals surface area contributed by atoms with Crippen molar-refractivity contribution in [2.24, 2.45) is 0 Å². The smallest absolute Gasteiger partial charge is 0.125 e. The van der Waals surface area contributed by atoms with Crippen molar-refractivity contribution in [1.29, 1.82) is 0 Å². The normalized spacial score (nSPS) is 11.3. The number of rotatable bonds is 20. The summed E-state index contributed by atoms with van der Waals surface area (Å²) in [5, 5.41) is 0. The molecule has 0 fully saturated rings. The van der Waals surface area contributed by atoms with E-state index in [9.17, 15) is 0 Å². The molecule has 2 nitrogen and oxygen atoms in total. The zero-order chi connectivity index (χ0) is 21.0. The summed E-state index contributed by atoms with van der Waals surface area (Å²) in [7, 11) is 0. The van der Waals surface area contributed by atoms with E-state index in [0.29, 0.717) is 0 Å². The van der Waals surface area contributed by atoms with Gasteiger partial charge in [-0.25, -0.2) is 9.97 Å². The summed E-state index contributed by atoms with van der Waals surface area (Å²) in [6.07, 6.45) is 27.2. The molecule has 0 aliphatic rings. The first-order valence-corrected chi connectivity index (χ1v) is 13.1. The van der Waals surface area contributed by atoms with Crippen LogP contribution in [0.25, 0.3) is 0 Å². The molecule has 1 aromatic rings. The SMILES string of the molecule is CCCCCCCCCCCc1cc(CCCCCCCCCCC)nc(C)n1. The van der Waals surface area contributed by atoms with Gasteiger partial charge in [0.25, 0.3) is 0 Å². The highest BCUT2D eigenvalue weighted by Gasteiger charge is 2.03. The molecule has 2 heteroatoms. The van der Waals surface area contributed by atoms with Crippen molar-refractivity contribution < 1.29 is 0 Å². The van der Waals surface area contributed by atoms with Crippen molar-refractivity contribution in [3.8, 4) is 0 Å². The zero-order valence-corrected chi connectivity index (χ0v) is 20.1. The van der Waals surface area contributed by atoms with E-state index in [1.54, 1.807) is 0 Å². The zero-order valence-electron chi connectivity index (χ0n) is 20.1. The number of hydrogen-bond donors (Lipinski definition) is 0. The van der Waals surface area contributed by atoms with Crippen molar-refractivity contribution >= 4 is 0 Å². The average Bonchev–Trinajstić information content (AvgIpc) is 2.71. The molecule has 0 aromatic carbocycles. The summed E-state index contributed by atoms with van der Waals surface area (Å²) >= 11 is 0. The fourth-order valence-corrected chi connectivity index (χ4v) is 4.19. The first kappa shape index (κ1) is 26.1. The summed E-state index contributed by atoms with van der Waals surface area (Å²) in [4.78, 5) is 9.37. The quantitative estimate of drug-likeness (QED) is 0.203. The number of nitrogens with zero attached hydrogens (tertiary/aromatic N) is 2. The second kappa shape index (κ2) is 19.1. The van der Waals surface area contributed by atoms with Crippen LogP contribution in [-0.4, -0.2) is 9.97 Å². The molecule has 1 rings (SSSR count). The first-order valence-electron chi connectivity index (χ1n) is 13.1. The van der Waals surface area contributed by atoms with Crippen LogP contribution in [0.15, 0.2) is 6.07 Å². The van der Waals surface area contributed by atoms with Gasteiger partial charge in [0.15, 0.2) is 0 Å². The van der Waals surface area contributed by atoms with Gasteiger partial charge in [0.2, 0.25) is 0 Å². The molecule has 0 bridgehead atoms. The first-order chi connectivity index (χ1) is 14.3. The van der Waals surface area contributed by atoms with Crippen LogP contribution in [0.3, 0.4) is 0 Å². The molecule has 0 radical (unpaired) electrons. The van der Waals surface area contributed by atoms with Crippen molar-refractivity contribution in [3.05, 3.63) is 23.3 Å². The van der Waals surface area contributed by atoms with E-state index in [1.807, 2.05) is 0 Å². The van der Waals surface area contributed by atoms with E-state index in [2.05, 4.69) is 36.8 Å². The number of aryl methyl sites for hydroxylation is 3. The van der Waals surface area contributed by atoms with Crippen molar-refractivity contribution in [1.82, 2.24) is 9.97 Å². The summed E-state index contributed by atoms with van der Waals surface area (Å²) in [6, 6.07) is 2.28. The molecule has 0 aliphatic heterocycles. The predicted octanol–water partition coefficient (Wildman–Crippen LogP) is 8.93. The molecular formula is C27H50N2. The molecule has 29 heavy (non-hydrogen) atoms. The van der Waals surface area contributed by atoms with Crippen molar-refractivity contribution in [3.63, 3.8) is 0 Å². The van der Waals surface area contributed by atoms with Crippen LogP contribution in [-0.2, 0) is 12.8 Å². The second-order valence-corrected chi connectivity index (χ2v) is 9.05. The Morgan fingerprint density at radius 2 is 0.793 bits per heavy atom. The van der Waals surface area contributed by atoms with Crippen LogP contribution in [0.5, 0.6) is 0 Å². The Kier molecular flexibility index (Phi) is 17.2. The topological polar surface area (TPSA) is 25.8 Å². The maximum atomic E-state index is 4.68. The molecule has 0 saturated carbocycles. The van der Waals surface area contributed by atoms with Gasteiger partial charge in [0, 0.05) is 11.4 Å². The maximum Gasteiger partial charge on any atom is 0.125 e. The number of aromatic nitrogens is 2. The summed E-state index contributed by atoms with van der Waals surface area (Å²) in [6.45, 7) is 6.63. The van der Waals surface area contributed by atoms with Crippen LogP contribution in [0.1, 0.15) is 147 Å². The third kappa shape index (κ3) is 15.6. The molecule has 0 unspecified atom stereocenters. The lowest BCUT2D eigenvalue weighted by atomic mass is 10.0. The van der Waals surface area contributed by atoms with Gasteiger partial charge in [0.1, 0.15) is 5.82 Å². The van der Waals surface area contributed by atoms with Gasteiger partial charge in [-0.1, -0.05) is 117 Å².